The molecule has 1 aliphatic rings. The first-order valence-electron chi connectivity index (χ1n) is 5.69. The van der Waals surface area contributed by atoms with Crippen molar-refractivity contribution in [2.45, 2.75) is 32.2 Å². The Labute approximate surface area is 91.3 Å². The minimum absolute atomic E-state index is 0.525. The normalized spacial score (nSPS) is 17.2. The summed E-state index contributed by atoms with van der Waals surface area (Å²) in [5.74, 6) is 2.84. The molecule has 3 nitrogen and oxygen atoms in total. The van der Waals surface area contributed by atoms with E-state index in [9.17, 15) is 0 Å². The minimum Gasteiger partial charge on any atom is -0.373 e. The molecule has 1 aliphatic carbocycles. The van der Waals surface area contributed by atoms with Crippen LogP contribution in [0.4, 0.5) is 11.6 Å². The summed E-state index contributed by atoms with van der Waals surface area (Å²) in [5, 5.41) is 6.48. The lowest BCUT2D eigenvalue weighted by Gasteiger charge is -2.14. The van der Waals surface area contributed by atoms with Gasteiger partial charge in [-0.15, -0.1) is 0 Å². The van der Waals surface area contributed by atoms with Crippen molar-refractivity contribution in [2.24, 2.45) is 5.92 Å². The summed E-state index contributed by atoms with van der Waals surface area (Å²) >= 11 is 0. The van der Waals surface area contributed by atoms with Gasteiger partial charge in [-0.3, -0.25) is 0 Å². The highest BCUT2D eigenvalue weighted by Gasteiger charge is 2.23. The fourth-order valence-corrected chi connectivity index (χ4v) is 1.82. The maximum Gasteiger partial charge on any atom is 0.128 e. The van der Waals surface area contributed by atoms with Gasteiger partial charge in [0, 0.05) is 13.1 Å². The van der Waals surface area contributed by atoms with Crippen LogP contribution in [0.3, 0.4) is 0 Å². The number of pyridine rings is 1. The minimum atomic E-state index is 0.525. The predicted octanol–water partition coefficient (Wildman–Crippen LogP) is 2.72. The predicted molar refractivity (Wildman–Crippen MR) is 64.2 cm³/mol. The number of hydrogen-bond donors (Lipinski definition) is 2. The van der Waals surface area contributed by atoms with Gasteiger partial charge in [-0.1, -0.05) is 18.9 Å². The van der Waals surface area contributed by atoms with Gasteiger partial charge in [0.15, 0.2) is 0 Å². The Morgan fingerprint density at radius 3 is 2.80 bits per heavy atom. The standard InChI is InChI=1S/C12H19N3/c1-9(8-10-6-7-10)14-12-5-3-4-11(13-2)15-12/h3-5,9-10H,6-8H2,1-2H3,(H2,13,14,15). The molecule has 1 unspecified atom stereocenters. The maximum atomic E-state index is 4.44. The number of rotatable bonds is 5. The smallest absolute Gasteiger partial charge is 0.128 e. The lowest BCUT2D eigenvalue weighted by molar-refractivity contribution is 0.640. The molecular weight excluding hydrogens is 186 g/mol. The third-order valence-electron chi connectivity index (χ3n) is 2.78. The zero-order valence-electron chi connectivity index (χ0n) is 9.46. The molecule has 0 radical (unpaired) electrons. The second-order valence-electron chi connectivity index (χ2n) is 4.38. The van der Waals surface area contributed by atoms with Crippen LogP contribution < -0.4 is 10.6 Å². The Kier molecular flexibility index (Phi) is 3.09. The second-order valence-corrected chi connectivity index (χ2v) is 4.38. The molecular formula is C12H19N3. The summed E-state index contributed by atoms with van der Waals surface area (Å²) in [7, 11) is 1.89. The average Bonchev–Trinajstić information content (AvgIpc) is 3.02. The number of aromatic nitrogens is 1. The summed E-state index contributed by atoms with van der Waals surface area (Å²) in [6, 6.07) is 6.53. The molecule has 2 N–H and O–H groups in total. The highest BCUT2D eigenvalue weighted by Crippen LogP contribution is 2.33. The molecule has 1 aromatic heterocycles. The molecule has 0 amide bonds. The van der Waals surface area contributed by atoms with Crippen LogP contribution in [0.5, 0.6) is 0 Å². The van der Waals surface area contributed by atoms with Crippen molar-refractivity contribution in [3.8, 4) is 0 Å². The molecule has 0 saturated heterocycles. The molecule has 0 spiro atoms. The van der Waals surface area contributed by atoms with Gasteiger partial charge in [-0.2, -0.15) is 0 Å². The average molecular weight is 205 g/mol. The highest BCUT2D eigenvalue weighted by molar-refractivity contribution is 5.45. The van der Waals surface area contributed by atoms with Crippen molar-refractivity contribution in [2.75, 3.05) is 17.7 Å². The van der Waals surface area contributed by atoms with E-state index in [0.717, 1.165) is 17.6 Å². The molecule has 1 atom stereocenters. The Morgan fingerprint density at radius 1 is 1.40 bits per heavy atom. The van der Waals surface area contributed by atoms with E-state index in [0.29, 0.717) is 6.04 Å². The Morgan fingerprint density at radius 2 is 2.13 bits per heavy atom. The van der Waals surface area contributed by atoms with Gasteiger partial charge in [0.1, 0.15) is 11.6 Å². The molecule has 82 valence electrons. The van der Waals surface area contributed by atoms with E-state index in [1.807, 2.05) is 25.2 Å². The van der Waals surface area contributed by atoms with Gasteiger partial charge in [-0.05, 0) is 31.4 Å². The van der Waals surface area contributed by atoms with E-state index in [-0.39, 0.29) is 0 Å². The first-order chi connectivity index (χ1) is 7.28. The quantitative estimate of drug-likeness (QED) is 0.776. The summed E-state index contributed by atoms with van der Waals surface area (Å²) in [5.41, 5.74) is 0. The van der Waals surface area contributed by atoms with Crippen LogP contribution in [0.15, 0.2) is 18.2 Å². The lowest BCUT2D eigenvalue weighted by atomic mass is 10.1. The van der Waals surface area contributed by atoms with Gasteiger partial charge in [0.2, 0.25) is 0 Å². The molecule has 1 aromatic rings. The summed E-state index contributed by atoms with van der Waals surface area (Å²) in [6.07, 6.45) is 4.09. The third-order valence-corrected chi connectivity index (χ3v) is 2.78. The fourth-order valence-electron chi connectivity index (χ4n) is 1.82. The topological polar surface area (TPSA) is 37.0 Å². The largest absolute Gasteiger partial charge is 0.373 e. The first-order valence-corrected chi connectivity index (χ1v) is 5.69. The molecule has 3 heteroatoms. The summed E-state index contributed by atoms with van der Waals surface area (Å²) in [6.45, 7) is 2.23. The van der Waals surface area contributed by atoms with Crippen LogP contribution in [-0.4, -0.2) is 18.1 Å². The van der Waals surface area contributed by atoms with Crippen molar-refractivity contribution in [1.29, 1.82) is 0 Å². The van der Waals surface area contributed by atoms with Gasteiger partial charge < -0.3 is 10.6 Å². The molecule has 0 aromatic carbocycles. The van der Waals surface area contributed by atoms with Crippen LogP contribution in [0.2, 0.25) is 0 Å². The van der Waals surface area contributed by atoms with E-state index >= 15 is 0 Å². The number of nitrogens with one attached hydrogen (secondary N) is 2. The number of anilines is 2. The summed E-state index contributed by atoms with van der Waals surface area (Å²) < 4.78 is 0. The van der Waals surface area contributed by atoms with Crippen LogP contribution >= 0.6 is 0 Å². The molecule has 0 bridgehead atoms. The maximum absolute atomic E-state index is 4.44. The number of hydrogen-bond acceptors (Lipinski definition) is 3. The van der Waals surface area contributed by atoms with Gasteiger partial charge in [0.25, 0.3) is 0 Å². The van der Waals surface area contributed by atoms with Gasteiger partial charge in [-0.25, -0.2) is 4.98 Å². The van der Waals surface area contributed by atoms with Crippen molar-refractivity contribution in [3.63, 3.8) is 0 Å². The second kappa shape index (κ2) is 4.51. The Hall–Kier alpha value is -1.25. The van der Waals surface area contributed by atoms with Gasteiger partial charge >= 0.3 is 0 Å². The van der Waals surface area contributed by atoms with E-state index in [2.05, 4.69) is 22.5 Å². The van der Waals surface area contributed by atoms with Crippen molar-refractivity contribution in [1.82, 2.24) is 4.98 Å². The van der Waals surface area contributed by atoms with Crippen LogP contribution in [0.25, 0.3) is 0 Å². The van der Waals surface area contributed by atoms with E-state index < -0.39 is 0 Å². The van der Waals surface area contributed by atoms with Crippen LogP contribution in [-0.2, 0) is 0 Å². The van der Waals surface area contributed by atoms with Crippen molar-refractivity contribution < 1.29 is 0 Å². The molecule has 1 fully saturated rings. The van der Waals surface area contributed by atoms with Gasteiger partial charge in [0.05, 0.1) is 0 Å². The number of nitrogens with zero attached hydrogens (tertiary/aromatic N) is 1. The first kappa shape index (κ1) is 10.3. The Balaban J connectivity index is 1.90. The summed E-state index contributed by atoms with van der Waals surface area (Å²) in [4.78, 5) is 4.44. The molecule has 1 saturated carbocycles. The monoisotopic (exact) mass is 205 g/mol. The SMILES string of the molecule is CNc1cccc(NC(C)CC2CC2)n1. The highest BCUT2D eigenvalue weighted by atomic mass is 15.1. The third kappa shape index (κ3) is 3.11. The molecule has 2 rings (SSSR count). The van der Waals surface area contributed by atoms with E-state index in [1.165, 1.54) is 19.3 Å². The van der Waals surface area contributed by atoms with Crippen molar-refractivity contribution >= 4 is 11.6 Å². The fraction of sp³-hybridized carbons (Fsp3) is 0.583. The lowest BCUT2D eigenvalue weighted by Crippen LogP contribution is -2.16. The van der Waals surface area contributed by atoms with Crippen LogP contribution in [0, 0.1) is 5.92 Å². The van der Waals surface area contributed by atoms with Crippen LogP contribution in [0.1, 0.15) is 26.2 Å². The zero-order valence-corrected chi connectivity index (χ0v) is 9.46. The molecule has 15 heavy (non-hydrogen) atoms. The van der Waals surface area contributed by atoms with Crippen molar-refractivity contribution in [3.05, 3.63) is 18.2 Å². The van der Waals surface area contributed by atoms with E-state index in [1.54, 1.807) is 0 Å². The van der Waals surface area contributed by atoms with E-state index in [4.69, 9.17) is 0 Å². The zero-order chi connectivity index (χ0) is 10.7. The molecule has 0 aliphatic heterocycles. The Bertz CT molecular complexity index is 320. The molecule has 1 heterocycles.